The molecule has 1 amide bonds. The van der Waals surface area contributed by atoms with Crippen molar-refractivity contribution in [2.45, 2.75) is 26.2 Å². The van der Waals surface area contributed by atoms with E-state index in [1.807, 2.05) is 0 Å². The third-order valence-corrected chi connectivity index (χ3v) is 3.09. The summed E-state index contributed by atoms with van der Waals surface area (Å²) in [6.45, 7) is 5.21. The second-order valence-electron chi connectivity index (χ2n) is 4.73. The number of carbonyl (C=O) groups excluding carboxylic acids is 1. The Morgan fingerprint density at radius 1 is 1.62 bits per heavy atom. The summed E-state index contributed by atoms with van der Waals surface area (Å²) in [6, 6.07) is 0. The predicted molar refractivity (Wildman–Crippen MR) is 51.3 cm³/mol. The van der Waals surface area contributed by atoms with E-state index in [0.717, 1.165) is 32.5 Å². The summed E-state index contributed by atoms with van der Waals surface area (Å²) in [7, 11) is 0. The first-order valence-electron chi connectivity index (χ1n) is 5.18. The molecule has 0 spiro atoms. The minimum absolute atomic E-state index is 0.271. The molecule has 2 rings (SSSR count). The Morgan fingerprint density at radius 3 is 2.92 bits per heavy atom. The van der Waals surface area contributed by atoms with Crippen molar-refractivity contribution >= 4 is 5.91 Å². The summed E-state index contributed by atoms with van der Waals surface area (Å²) < 4.78 is 0. The molecule has 1 atom stereocenters. The first-order valence-corrected chi connectivity index (χ1v) is 5.18. The molecule has 2 fully saturated rings. The Bertz CT molecular complexity index is 205. The van der Waals surface area contributed by atoms with Gasteiger partial charge in [0, 0.05) is 19.0 Å². The Hall–Kier alpha value is -0.570. The summed E-state index contributed by atoms with van der Waals surface area (Å²) in [4.78, 5) is 11.4. The van der Waals surface area contributed by atoms with E-state index in [1.54, 1.807) is 0 Å². The van der Waals surface area contributed by atoms with Crippen molar-refractivity contribution in [2.75, 3.05) is 19.6 Å². The van der Waals surface area contributed by atoms with Crippen LogP contribution in [0.5, 0.6) is 0 Å². The van der Waals surface area contributed by atoms with Gasteiger partial charge in [-0.05, 0) is 31.2 Å². The molecule has 1 heterocycles. The van der Waals surface area contributed by atoms with Crippen LogP contribution < -0.4 is 10.6 Å². The number of carbonyl (C=O) groups is 1. The highest BCUT2D eigenvalue weighted by Gasteiger charge is 2.33. The maximum absolute atomic E-state index is 11.4. The molecule has 74 valence electrons. The van der Waals surface area contributed by atoms with Crippen LogP contribution in [0.2, 0.25) is 0 Å². The van der Waals surface area contributed by atoms with E-state index in [2.05, 4.69) is 17.6 Å². The van der Waals surface area contributed by atoms with Crippen LogP contribution in [-0.4, -0.2) is 25.5 Å². The van der Waals surface area contributed by atoms with Gasteiger partial charge in [0.15, 0.2) is 0 Å². The molecule has 3 heteroatoms. The van der Waals surface area contributed by atoms with Gasteiger partial charge >= 0.3 is 0 Å². The highest BCUT2D eigenvalue weighted by molar-refractivity contribution is 5.80. The van der Waals surface area contributed by atoms with Crippen LogP contribution in [0.25, 0.3) is 0 Å². The fraction of sp³-hybridized carbons (Fsp3) is 0.900. The van der Waals surface area contributed by atoms with Crippen molar-refractivity contribution in [3.8, 4) is 0 Å². The molecular weight excluding hydrogens is 164 g/mol. The van der Waals surface area contributed by atoms with Crippen molar-refractivity contribution < 1.29 is 4.79 Å². The largest absolute Gasteiger partial charge is 0.355 e. The molecule has 1 aliphatic heterocycles. The molecule has 1 saturated carbocycles. The van der Waals surface area contributed by atoms with Crippen molar-refractivity contribution in [1.82, 2.24) is 10.6 Å². The van der Waals surface area contributed by atoms with E-state index in [1.165, 1.54) is 6.42 Å². The van der Waals surface area contributed by atoms with Crippen LogP contribution in [0.4, 0.5) is 0 Å². The molecule has 13 heavy (non-hydrogen) atoms. The van der Waals surface area contributed by atoms with E-state index in [9.17, 15) is 4.79 Å². The van der Waals surface area contributed by atoms with E-state index in [-0.39, 0.29) is 5.91 Å². The SMILES string of the molecule is C[C@]1(CNC(=O)C2CC2)CCNC1. The summed E-state index contributed by atoms with van der Waals surface area (Å²) in [5.41, 5.74) is 0.296. The second-order valence-corrected chi connectivity index (χ2v) is 4.73. The van der Waals surface area contributed by atoms with Crippen molar-refractivity contribution in [1.29, 1.82) is 0 Å². The van der Waals surface area contributed by atoms with Crippen LogP contribution in [-0.2, 0) is 4.79 Å². The van der Waals surface area contributed by atoms with Gasteiger partial charge in [-0.15, -0.1) is 0 Å². The standard InChI is InChI=1S/C10H18N2O/c1-10(4-5-11-6-10)7-12-9(13)8-2-3-8/h8,11H,2-7H2,1H3,(H,12,13)/t10-/m0/s1. The lowest BCUT2D eigenvalue weighted by Crippen LogP contribution is -2.37. The first kappa shape index (κ1) is 9.00. The molecule has 0 aromatic carbocycles. The fourth-order valence-electron chi connectivity index (χ4n) is 1.81. The number of hydrogen-bond donors (Lipinski definition) is 2. The average molecular weight is 182 g/mol. The minimum Gasteiger partial charge on any atom is -0.355 e. The number of rotatable bonds is 3. The maximum atomic E-state index is 11.4. The van der Waals surface area contributed by atoms with Gasteiger partial charge in [-0.2, -0.15) is 0 Å². The van der Waals surface area contributed by atoms with Crippen LogP contribution in [0.3, 0.4) is 0 Å². The summed E-state index contributed by atoms with van der Waals surface area (Å²) >= 11 is 0. The minimum atomic E-state index is 0.271. The van der Waals surface area contributed by atoms with Gasteiger partial charge in [-0.25, -0.2) is 0 Å². The summed E-state index contributed by atoms with van der Waals surface area (Å²) in [6.07, 6.45) is 3.37. The zero-order chi connectivity index (χ0) is 9.31. The normalized spacial score (nSPS) is 33.3. The predicted octanol–water partition coefficient (Wildman–Crippen LogP) is 0.512. The second kappa shape index (κ2) is 3.29. The molecule has 0 unspecified atom stereocenters. The quantitative estimate of drug-likeness (QED) is 0.668. The molecule has 2 N–H and O–H groups in total. The van der Waals surface area contributed by atoms with Crippen LogP contribution in [0.1, 0.15) is 26.2 Å². The van der Waals surface area contributed by atoms with Gasteiger partial charge in [-0.3, -0.25) is 4.79 Å². The van der Waals surface area contributed by atoms with Gasteiger partial charge in [0.1, 0.15) is 0 Å². The van der Waals surface area contributed by atoms with Gasteiger partial charge < -0.3 is 10.6 Å². The smallest absolute Gasteiger partial charge is 0.223 e. The van der Waals surface area contributed by atoms with E-state index in [0.29, 0.717) is 11.3 Å². The Kier molecular flexibility index (Phi) is 2.28. The highest BCUT2D eigenvalue weighted by atomic mass is 16.2. The van der Waals surface area contributed by atoms with Gasteiger partial charge in [0.25, 0.3) is 0 Å². The molecule has 0 aromatic heterocycles. The van der Waals surface area contributed by atoms with Gasteiger partial charge in [0.2, 0.25) is 5.91 Å². The van der Waals surface area contributed by atoms with Crippen molar-refractivity contribution in [2.24, 2.45) is 11.3 Å². The Morgan fingerprint density at radius 2 is 2.38 bits per heavy atom. The van der Waals surface area contributed by atoms with Gasteiger partial charge in [-0.1, -0.05) is 6.92 Å². The van der Waals surface area contributed by atoms with E-state index in [4.69, 9.17) is 0 Å². The van der Waals surface area contributed by atoms with Crippen LogP contribution in [0.15, 0.2) is 0 Å². The molecule has 0 radical (unpaired) electrons. The Balaban J connectivity index is 1.74. The molecule has 3 nitrogen and oxygen atoms in total. The zero-order valence-corrected chi connectivity index (χ0v) is 8.23. The highest BCUT2D eigenvalue weighted by Crippen LogP contribution is 2.29. The molecule has 1 saturated heterocycles. The molecular formula is C10H18N2O. The number of amides is 1. The third-order valence-electron chi connectivity index (χ3n) is 3.09. The molecule has 1 aliphatic carbocycles. The lowest BCUT2D eigenvalue weighted by atomic mass is 9.90. The fourth-order valence-corrected chi connectivity index (χ4v) is 1.81. The van der Waals surface area contributed by atoms with Crippen molar-refractivity contribution in [3.05, 3.63) is 0 Å². The monoisotopic (exact) mass is 182 g/mol. The zero-order valence-electron chi connectivity index (χ0n) is 8.23. The maximum Gasteiger partial charge on any atom is 0.223 e. The van der Waals surface area contributed by atoms with E-state index < -0.39 is 0 Å². The topological polar surface area (TPSA) is 41.1 Å². The first-order chi connectivity index (χ1) is 6.20. The number of nitrogens with one attached hydrogen (secondary N) is 2. The Labute approximate surface area is 79.3 Å². The lowest BCUT2D eigenvalue weighted by Gasteiger charge is -2.22. The molecule has 0 aromatic rings. The summed E-state index contributed by atoms with van der Waals surface area (Å²) in [5.74, 6) is 0.617. The summed E-state index contributed by atoms with van der Waals surface area (Å²) in [5, 5.41) is 6.38. The van der Waals surface area contributed by atoms with Crippen LogP contribution >= 0.6 is 0 Å². The third kappa shape index (κ3) is 2.21. The van der Waals surface area contributed by atoms with E-state index >= 15 is 0 Å². The van der Waals surface area contributed by atoms with Crippen LogP contribution in [0, 0.1) is 11.3 Å². The molecule has 2 aliphatic rings. The van der Waals surface area contributed by atoms with Crippen molar-refractivity contribution in [3.63, 3.8) is 0 Å². The lowest BCUT2D eigenvalue weighted by molar-refractivity contribution is -0.122. The molecule has 0 bridgehead atoms. The van der Waals surface area contributed by atoms with Gasteiger partial charge in [0.05, 0.1) is 0 Å². The number of hydrogen-bond acceptors (Lipinski definition) is 2. The average Bonchev–Trinajstić information content (AvgIpc) is 2.87.